The van der Waals surface area contributed by atoms with Crippen molar-refractivity contribution in [3.63, 3.8) is 0 Å². The molecule has 0 radical (unpaired) electrons. The van der Waals surface area contributed by atoms with E-state index in [0.29, 0.717) is 19.0 Å². The van der Waals surface area contributed by atoms with Crippen molar-refractivity contribution in [1.82, 2.24) is 20.4 Å². The lowest BCUT2D eigenvalue weighted by Crippen LogP contribution is -2.46. The van der Waals surface area contributed by atoms with Crippen LogP contribution in [0.15, 0.2) is 23.2 Å². The number of nitrogens with one attached hydrogen (secondary N) is 2. The second kappa shape index (κ2) is 10.1. The van der Waals surface area contributed by atoms with Crippen LogP contribution in [0, 0.1) is 11.6 Å². The molecule has 0 spiro atoms. The zero-order valence-corrected chi connectivity index (χ0v) is 18.6. The molecule has 2 atom stereocenters. The number of hydrogen-bond donors (Lipinski definition) is 2. The number of alkyl carbamates (subject to hydrolysis) is 1. The van der Waals surface area contributed by atoms with Gasteiger partial charge >= 0.3 is 6.09 Å². The van der Waals surface area contributed by atoms with Crippen molar-refractivity contribution in [2.24, 2.45) is 4.99 Å². The topological polar surface area (TPSA) is 69.2 Å². The SMILES string of the molecule is CN=C(NCC(c1c(F)cccc1F)N(C)C)N1CCC(NC(=O)OC(C)(C)C)C1. The van der Waals surface area contributed by atoms with Crippen LogP contribution < -0.4 is 10.6 Å². The zero-order chi connectivity index (χ0) is 22.5. The van der Waals surface area contributed by atoms with Gasteiger partial charge in [-0.25, -0.2) is 13.6 Å². The lowest BCUT2D eigenvalue weighted by atomic mass is 10.0. The predicted octanol–water partition coefficient (Wildman–Crippen LogP) is 2.74. The van der Waals surface area contributed by atoms with Gasteiger partial charge in [0.2, 0.25) is 0 Å². The monoisotopic (exact) mass is 425 g/mol. The maximum absolute atomic E-state index is 14.3. The van der Waals surface area contributed by atoms with Crippen LogP contribution in [0.5, 0.6) is 0 Å². The molecule has 1 aromatic rings. The first-order valence-electron chi connectivity index (χ1n) is 10.1. The Hall–Kier alpha value is -2.42. The van der Waals surface area contributed by atoms with Crippen LogP contribution in [0.4, 0.5) is 13.6 Å². The third kappa shape index (κ3) is 6.55. The van der Waals surface area contributed by atoms with Crippen molar-refractivity contribution in [3.8, 4) is 0 Å². The van der Waals surface area contributed by atoms with E-state index in [4.69, 9.17) is 4.74 Å². The number of likely N-dealkylation sites (tertiary alicyclic amines) is 1. The summed E-state index contributed by atoms with van der Waals surface area (Å²) in [4.78, 5) is 20.1. The van der Waals surface area contributed by atoms with E-state index in [0.717, 1.165) is 6.42 Å². The molecule has 1 aliphatic heterocycles. The van der Waals surface area contributed by atoms with Gasteiger partial charge in [0.1, 0.15) is 17.2 Å². The zero-order valence-electron chi connectivity index (χ0n) is 18.6. The summed E-state index contributed by atoms with van der Waals surface area (Å²) < 4.78 is 33.8. The number of hydrogen-bond acceptors (Lipinski definition) is 4. The van der Waals surface area contributed by atoms with Crippen LogP contribution in [0.3, 0.4) is 0 Å². The summed E-state index contributed by atoms with van der Waals surface area (Å²) in [6, 6.07) is 3.30. The summed E-state index contributed by atoms with van der Waals surface area (Å²) in [5.74, 6) is -0.534. The molecule has 0 aliphatic carbocycles. The van der Waals surface area contributed by atoms with Crippen LogP contribution in [-0.4, -0.2) is 74.3 Å². The number of rotatable bonds is 5. The average Bonchev–Trinajstić information content (AvgIpc) is 3.06. The largest absolute Gasteiger partial charge is 0.444 e. The molecule has 2 rings (SSSR count). The van der Waals surface area contributed by atoms with Gasteiger partial charge in [-0.15, -0.1) is 0 Å². The third-order valence-corrected chi connectivity index (χ3v) is 4.83. The average molecular weight is 426 g/mol. The van der Waals surface area contributed by atoms with Gasteiger partial charge in [-0.3, -0.25) is 4.99 Å². The summed E-state index contributed by atoms with van der Waals surface area (Å²) in [6.07, 6.45) is 0.305. The van der Waals surface area contributed by atoms with Crippen molar-refractivity contribution >= 4 is 12.1 Å². The van der Waals surface area contributed by atoms with Gasteiger partial charge in [-0.1, -0.05) is 6.07 Å². The van der Waals surface area contributed by atoms with Gasteiger partial charge < -0.3 is 25.2 Å². The maximum atomic E-state index is 14.3. The van der Waals surface area contributed by atoms with Crippen LogP contribution >= 0.6 is 0 Å². The van der Waals surface area contributed by atoms with Crippen molar-refractivity contribution in [2.75, 3.05) is 40.8 Å². The molecule has 2 N–H and O–H groups in total. The molecular weight excluding hydrogens is 392 g/mol. The minimum absolute atomic E-state index is 0.0244. The summed E-state index contributed by atoms with van der Waals surface area (Å²) >= 11 is 0. The van der Waals surface area contributed by atoms with Gasteiger partial charge in [-0.05, 0) is 53.4 Å². The lowest BCUT2D eigenvalue weighted by Gasteiger charge is -2.29. The van der Waals surface area contributed by atoms with Gasteiger partial charge in [-0.2, -0.15) is 0 Å². The number of nitrogens with zero attached hydrogens (tertiary/aromatic N) is 3. The van der Waals surface area contributed by atoms with Crippen molar-refractivity contribution in [3.05, 3.63) is 35.4 Å². The molecule has 1 amide bonds. The quantitative estimate of drug-likeness (QED) is 0.561. The summed E-state index contributed by atoms with van der Waals surface area (Å²) in [5, 5.41) is 6.09. The predicted molar refractivity (Wildman–Crippen MR) is 113 cm³/mol. The summed E-state index contributed by atoms with van der Waals surface area (Å²) in [6.45, 7) is 7.00. The summed E-state index contributed by atoms with van der Waals surface area (Å²) in [5.41, 5.74) is -0.528. The van der Waals surface area contributed by atoms with Crippen molar-refractivity contribution < 1.29 is 18.3 Å². The first-order valence-corrected chi connectivity index (χ1v) is 10.1. The van der Waals surface area contributed by atoms with E-state index in [9.17, 15) is 13.6 Å². The molecule has 2 unspecified atom stereocenters. The molecule has 7 nitrogen and oxygen atoms in total. The minimum Gasteiger partial charge on any atom is -0.444 e. The van der Waals surface area contributed by atoms with E-state index in [2.05, 4.69) is 15.6 Å². The van der Waals surface area contributed by atoms with E-state index < -0.39 is 29.4 Å². The standard InChI is InChI=1S/C21H33F2N5O2/c1-21(2,3)30-20(29)26-14-10-11-28(13-14)19(24-4)25-12-17(27(5)6)18-15(22)8-7-9-16(18)23/h7-9,14,17H,10-13H2,1-6H3,(H,24,25)(H,26,29). The Labute approximate surface area is 177 Å². The number of aliphatic imine (C=N–C) groups is 1. The van der Waals surface area contributed by atoms with Gasteiger partial charge in [0.05, 0.1) is 12.1 Å². The molecule has 0 bridgehead atoms. The first kappa shape index (κ1) is 23.9. The Kier molecular flexibility index (Phi) is 8.00. The van der Waals surface area contributed by atoms with E-state index in [1.54, 1.807) is 26.0 Å². The lowest BCUT2D eigenvalue weighted by molar-refractivity contribution is 0.0507. The second-order valence-corrected chi connectivity index (χ2v) is 8.62. The molecule has 1 fully saturated rings. The van der Waals surface area contributed by atoms with Crippen LogP contribution in [0.25, 0.3) is 0 Å². The number of halogens is 2. The normalized spacial score (nSPS) is 18.5. The van der Waals surface area contributed by atoms with Crippen molar-refractivity contribution in [1.29, 1.82) is 0 Å². The minimum atomic E-state index is -0.576. The smallest absolute Gasteiger partial charge is 0.407 e. The molecule has 0 saturated carbocycles. The molecule has 1 aromatic carbocycles. The molecule has 1 aliphatic rings. The Morgan fingerprint density at radius 1 is 1.33 bits per heavy atom. The Balaban J connectivity index is 1.98. The van der Waals surface area contributed by atoms with Gasteiger partial charge in [0.15, 0.2) is 5.96 Å². The highest BCUT2D eigenvalue weighted by Gasteiger charge is 2.29. The molecule has 30 heavy (non-hydrogen) atoms. The molecule has 1 saturated heterocycles. The fourth-order valence-corrected chi connectivity index (χ4v) is 3.44. The van der Waals surface area contributed by atoms with Gasteiger partial charge in [0.25, 0.3) is 0 Å². The fourth-order valence-electron chi connectivity index (χ4n) is 3.44. The van der Waals surface area contributed by atoms with E-state index in [1.165, 1.54) is 18.2 Å². The first-order chi connectivity index (χ1) is 14.0. The highest BCUT2D eigenvalue weighted by Crippen LogP contribution is 2.24. The number of likely N-dealkylation sites (N-methyl/N-ethyl adjacent to an activating group) is 1. The van der Waals surface area contributed by atoms with Gasteiger partial charge in [0, 0.05) is 32.2 Å². The van der Waals surface area contributed by atoms with E-state index in [1.807, 2.05) is 25.7 Å². The number of guanidine groups is 1. The van der Waals surface area contributed by atoms with E-state index in [-0.39, 0.29) is 18.2 Å². The number of carbonyl (C=O) groups is 1. The highest BCUT2D eigenvalue weighted by atomic mass is 19.1. The Morgan fingerprint density at radius 2 is 1.97 bits per heavy atom. The fraction of sp³-hybridized carbons (Fsp3) is 0.619. The summed E-state index contributed by atoms with van der Waals surface area (Å²) in [7, 11) is 5.21. The van der Waals surface area contributed by atoms with Crippen molar-refractivity contribution in [2.45, 2.75) is 44.9 Å². The molecule has 168 valence electrons. The Bertz CT molecular complexity index is 744. The second-order valence-electron chi connectivity index (χ2n) is 8.62. The third-order valence-electron chi connectivity index (χ3n) is 4.83. The van der Waals surface area contributed by atoms with Crippen LogP contribution in [0.2, 0.25) is 0 Å². The molecular formula is C21H33F2N5O2. The number of ether oxygens (including phenoxy) is 1. The Morgan fingerprint density at radius 3 is 2.50 bits per heavy atom. The maximum Gasteiger partial charge on any atom is 0.407 e. The number of carbonyl (C=O) groups excluding carboxylic acids is 1. The van der Waals surface area contributed by atoms with E-state index >= 15 is 0 Å². The molecule has 1 heterocycles. The van der Waals surface area contributed by atoms with Crippen LogP contribution in [-0.2, 0) is 4.74 Å². The van der Waals surface area contributed by atoms with Crippen LogP contribution in [0.1, 0.15) is 38.8 Å². The highest BCUT2D eigenvalue weighted by molar-refractivity contribution is 5.80. The molecule has 0 aromatic heterocycles. The molecule has 9 heteroatoms. The number of benzene rings is 1. The number of amides is 1.